The Bertz CT molecular complexity index is 1320. The molecule has 3 aromatic rings. The number of aromatic nitrogens is 3. The van der Waals surface area contributed by atoms with E-state index in [9.17, 15) is 4.79 Å². The molecule has 2 aromatic heterocycles. The maximum absolute atomic E-state index is 14.0. The van der Waals surface area contributed by atoms with Gasteiger partial charge in [-0.3, -0.25) is 4.79 Å². The van der Waals surface area contributed by atoms with Crippen molar-refractivity contribution in [2.75, 3.05) is 26.2 Å². The van der Waals surface area contributed by atoms with Crippen molar-refractivity contribution < 1.29 is 4.79 Å². The van der Waals surface area contributed by atoms with Crippen molar-refractivity contribution in [2.24, 2.45) is 5.41 Å². The number of fused-ring (bicyclic) bond motifs is 2. The molecule has 7 nitrogen and oxygen atoms in total. The number of hydrogen-bond acceptors (Lipinski definition) is 8. The second-order valence-electron chi connectivity index (χ2n) is 9.01. The second kappa shape index (κ2) is 9.30. The van der Waals surface area contributed by atoms with E-state index >= 15 is 0 Å². The van der Waals surface area contributed by atoms with Gasteiger partial charge in [0.1, 0.15) is 0 Å². The monoisotopic (exact) mass is 522 g/mol. The van der Waals surface area contributed by atoms with Gasteiger partial charge in [-0.1, -0.05) is 17.7 Å². The van der Waals surface area contributed by atoms with E-state index in [1.165, 1.54) is 21.9 Å². The number of hydrogen-bond donors (Lipinski definition) is 1. The highest BCUT2D eigenvalue weighted by Gasteiger charge is 2.50. The Hall–Kier alpha value is -2.29. The highest BCUT2D eigenvalue weighted by Crippen LogP contribution is 2.48. The summed E-state index contributed by atoms with van der Waals surface area (Å²) >= 11 is 3.19. The fraction of sp³-hybridized carbons (Fsp3) is 0.320. The molecule has 1 N–H and O–H groups in total. The van der Waals surface area contributed by atoms with Crippen LogP contribution in [0.1, 0.15) is 34.4 Å². The lowest BCUT2D eigenvalue weighted by molar-refractivity contribution is 0.0781. The molecule has 3 aliphatic rings. The topological polar surface area (TPSA) is 66.3 Å². The fourth-order valence-corrected chi connectivity index (χ4v) is 7.22. The van der Waals surface area contributed by atoms with E-state index in [0.29, 0.717) is 18.0 Å². The zero-order chi connectivity index (χ0) is 24.0. The standard InChI is InChI=1S/C25H27N6OPS2/c1-2-30-22(7-9-27-30)35-29-11-8-18-13-21-17(15-28-31(21)19-3-5-20(33)6-4-19)14-25(18,16-29)23(32)24-26-10-12-34-24/h3-7,10,12-13,15,27H,2,8-9,11,14,16,33H2,1H3. The minimum atomic E-state index is -0.627. The Morgan fingerprint density at radius 2 is 2.17 bits per heavy atom. The third-order valence-corrected chi connectivity index (χ3v) is 9.24. The predicted molar refractivity (Wildman–Crippen MR) is 146 cm³/mol. The molecule has 2 unspecified atom stereocenters. The molecule has 1 saturated heterocycles. The molecule has 1 aromatic carbocycles. The maximum atomic E-state index is 14.0. The van der Waals surface area contributed by atoms with Gasteiger partial charge in [0.2, 0.25) is 5.78 Å². The van der Waals surface area contributed by atoms with Gasteiger partial charge in [0.25, 0.3) is 0 Å². The lowest BCUT2D eigenvalue weighted by Crippen LogP contribution is -2.50. The summed E-state index contributed by atoms with van der Waals surface area (Å²) in [6, 6.07) is 8.31. The van der Waals surface area contributed by atoms with Crippen molar-refractivity contribution in [1.29, 1.82) is 0 Å². The lowest BCUT2D eigenvalue weighted by atomic mass is 9.66. The van der Waals surface area contributed by atoms with Crippen LogP contribution in [-0.4, -0.2) is 56.0 Å². The van der Waals surface area contributed by atoms with Crippen LogP contribution in [0.25, 0.3) is 11.8 Å². The minimum absolute atomic E-state index is 0.126. The quantitative estimate of drug-likeness (QED) is 0.301. The summed E-state index contributed by atoms with van der Waals surface area (Å²) in [5.41, 5.74) is 7.17. The van der Waals surface area contributed by atoms with Gasteiger partial charge in [-0.05, 0) is 66.9 Å². The summed E-state index contributed by atoms with van der Waals surface area (Å²) in [5, 5.41) is 11.7. The number of carbonyl (C=O) groups is 1. The van der Waals surface area contributed by atoms with Gasteiger partial charge >= 0.3 is 0 Å². The average molecular weight is 523 g/mol. The molecule has 1 fully saturated rings. The van der Waals surface area contributed by atoms with Gasteiger partial charge in [-0.2, -0.15) is 5.10 Å². The fourth-order valence-electron chi connectivity index (χ4n) is 5.17. The molecule has 35 heavy (non-hydrogen) atoms. The number of ketones is 1. The van der Waals surface area contributed by atoms with Crippen LogP contribution in [0.4, 0.5) is 0 Å². The summed E-state index contributed by atoms with van der Waals surface area (Å²) < 4.78 is 4.36. The van der Waals surface area contributed by atoms with Crippen molar-refractivity contribution >= 4 is 49.7 Å². The number of thiazole rings is 1. The zero-order valence-corrected chi connectivity index (χ0v) is 22.3. The number of piperidine rings is 1. The van der Waals surface area contributed by atoms with Crippen molar-refractivity contribution in [3.05, 3.63) is 75.0 Å². The third-order valence-electron chi connectivity index (χ3n) is 6.94. The Morgan fingerprint density at radius 3 is 2.94 bits per heavy atom. The van der Waals surface area contributed by atoms with Gasteiger partial charge in [-0.15, -0.1) is 20.6 Å². The smallest absolute Gasteiger partial charge is 0.203 e. The molecule has 180 valence electrons. The van der Waals surface area contributed by atoms with Crippen LogP contribution in [0.3, 0.4) is 0 Å². The van der Waals surface area contributed by atoms with Crippen LogP contribution in [0.5, 0.6) is 0 Å². The van der Waals surface area contributed by atoms with Gasteiger partial charge in [0.15, 0.2) is 5.01 Å². The van der Waals surface area contributed by atoms with Crippen molar-refractivity contribution in [3.8, 4) is 5.69 Å². The Balaban J connectivity index is 1.37. The summed E-state index contributed by atoms with van der Waals surface area (Å²) in [7, 11) is 2.72. The Labute approximate surface area is 215 Å². The zero-order valence-electron chi connectivity index (χ0n) is 19.5. The maximum Gasteiger partial charge on any atom is 0.203 e. The van der Waals surface area contributed by atoms with Crippen LogP contribution >= 0.6 is 32.5 Å². The van der Waals surface area contributed by atoms with Gasteiger partial charge < -0.3 is 5.01 Å². The van der Waals surface area contributed by atoms with E-state index in [1.807, 2.05) is 16.3 Å². The summed E-state index contributed by atoms with van der Waals surface area (Å²) in [4.78, 5) is 18.5. The lowest BCUT2D eigenvalue weighted by Gasteiger charge is -2.45. The van der Waals surface area contributed by atoms with Gasteiger partial charge in [0, 0.05) is 37.8 Å². The molecule has 0 amide bonds. The van der Waals surface area contributed by atoms with Crippen LogP contribution in [0.2, 0.25) is 0 Å². The van der Waals surface area contributed by atoms with Crippen LogP contribution in [0, 0.1) is 5.41 Å². The van der Waals surface area contributed by atoms with Crippen LogP contribution in [0.15, 0.2) is 58.7 Å². The average Bonchev–Trinajstić information content (AvgIpc) is 3.64. The number of rotatable bonds is 6. The molecular weight excluding hydrogens is 495 g/mol. The van der Waals surface area contributed by atoms with E-state index in [-0.39, 0.29) is 5.78 Å². The van der Waals surface area contributed by atoms with E-state index < -0.39 is 5.41 Å². The molecule has 0 radical (unpaired) electrons. The molecule has 10 heteroatoms. The van der Waals surface area contributed by atoms with E-state index in [0.717, 1.165) is 48.3 Å². The normalized spacial score (nSPS) is 21.9. The van der Waals surface area contributed by atoms with Gasteiger partial charge in [0.05, 0.1) is 28.0 Å². The van der Waals surface area contributed by atoms with Crippen molar-refractivity contribution in [1.82, 2.24) is 29.5 Å². The Morgan fingerprint density at radius 1 is 1.31 bits per heavy atom. The van der Waals surface area contributed by atoms with E-state index in [2.05, 4.69) is 72.3 Å². The summed E-state index contributed by atoms with van der Waals surface area (Å²) in [6.45, 7) is 5.44. The highest BCUT2D eigenvalue weighted by molar-refractivity contribution is 8.00. The molecular formula is C25H27N6OPS2. The number of nitrogens with zero attached hydrogens (tertiary/aromatic N) is 5. The molecule has 0 saturated carbocycles. The second-order valence-corrected chi connectivity index (χ2v) is 11.7. The third kappa shape index (κ3) is 4.09. The summed E-state index contributed by atoms with van der Waals surface area (Å²) in [5.74, 6) is 0.126. The molecule has 2 aliphatic heterocycles. The minimum Gasteiger partial charge on any atom is -0.301 e. The van der Waals surface area contributed by atoms with Gasteiger partial charge in [-0.25, -0.2) is 19.4 Å². The SMILES string of the molecule is CCN1NCC=C1SN1CCC2=Cc3c(cnn3-c3ccc(P)cc3)CC2(C(=O)c2nccs2)C1. The molecule has 2 atom stereocenters. The largest absolute Gasteiger partial charge is 0.301 e. The first kappa shape index (κ1) is 23.1. The first-order chi connectivity index (χ1) is 17.1. The number of nitrogens with one attached hydrogen (secondary N) is 1. The predicted octanol–water partition coefficient (Wildman–Crippen LogP) is 3.67. The first-order valence-electron chi connectivity index (χ1n) is 11.8. The van der Waals surface area contributed by atoms with Crippen molar-refractivity contribution in [2.45, 2.75) is 19.8 Å². The highest BCUT2D eigenvalue weighted by atomic mass is 32.2. The molecule has 0 spiro atoms. The van der Waals surface area contributed by atoms with Crippen molar-refractivity contribution in [3.63, 3.8) is 0 Å². The molecule has 1 aliphatic carbocycles. The summed E-state index contributed by atoms with van der Waals surface area (Å²) in [6.07, 6.45) is 9.58. The van der Waals surface area contributed by atoms with E-state index in [1.54, 1.807) is 18.1 Å². The number of carbonyl (C=O) groups excluding carboxylic acids is 1. The van der Waals surface area contributed by atoms with Crippen LogP contribution in [-0.2, 0) is 6.42 Å². The molecule has 4 heterocycles. The molecule has 0 bridgehead atoms. The van der Waals surface area contributed by atoms with E-state index in [4.69, 9.17) is 5.10 Å². The molecule has 6 rings (SSSR count). The van der Waals surface area contributed by atoms with Crippen LogP contribution < -0.4 is 10.7 Å². The first-order valence-corrected chi connectivity index (χ1v) is 14.0. The number of hydrazine groups is 1. The Kier molecular flexibility index (Phi) is 6.15. The number of Topliss-reactive ketones (excluding diaryl/α,β-unsaturated/α-hetero) is 1. The number of benzene rings is 1.